The summed E-state index contributed by atoms with van der Waals surface area (Å²) < 4.78 is 21.6. The number of nitriles is 1. The standard InChI is InChI=1S/C25H22N4O5/c1-3-31-25(30)21-15(2)33-23(27)19(13-26)22(21)16-8-7-9-17(12-16)24-28-20(34-29-24)14-32-18-10-5-4-6-11-18/h4-12,22H,3,14,27H2,1-2H3. The minimum absolute atomic E-state index is 0.0524. The first kappa shape index (κ1) is 22.6. The van der Waals surface area contributed by atoms with E-state index in [0.29, 0.717) is 28.6 Å². The Kier molecular flexibility index (Phi) is 6.59. The van der Waals surface area contributed by atoms with Crippen LogP contribution in [0.4, 0.5) is 0 Å². The van der Waals surface area contributed by atoms with E-state index >= 15 is 0 Å². The highest BCUT2D eigenvalue weighted by Gasteiger charge is 2.36. The minimum Gasteiger partial charge on any atom is -0.484 e. The molecule has 1 atom stereocenters. The van der Waals surface area contributed by atoms with Crippen molar-refractivity contribution >= 4 is 5.97 Å². The molecular weight excluding hydrogens is 436 g/mol. The molecule has 2 aromatic carbocycles. The summed E-state index contributed by atoms with van der Waals surface area (Å²) in [7, 11) is 0. The van der Waals surface area contributed by atoms with E-state index in [9.17, 15) is 10.1 Å². The van der Waals surface area contributed by atoms with Crippen LogP contribution in [0.25, 0.3) is 11.4 Å². The van der Waals surface area contributed by atoms with Crippen molar-refractivity contribution in [1.29, 1.82) is 5.26 Å². The third-order valence-corrected chi connectivity index (χ3v) is 5.15. The van der Waals surface area contributed by atoms with Crippen LogP contribution in [0.3, 0.4) is 0 Å². The molecule has 4 rings (SSSR count). The number of nitrogens with two attached hydrogens (primary N) is 1. The van der Waals surface area contributed by atoms with Gasteiger partial charge in [-0.15, -0.1) is 0 Å². The molecule has 0 amide bonds. The quantitative estimate of drug-likeness (QED) is 0.522. The van der Waals surface area contributed by atoms with Crippen molar-refractivity contribution in [3.05, 3.63) is 88.8 Å². The number of carbonyl (C=O) groups is 1. The van der Waals surface area contributed by atoms with E-state index in [1.807, 2.05) is 30.3 Å². The van der Waals surface area contributed by atoms with Gasteiger partial charge in [0.2, 0.25) is 11.7 Å². The molecule has 0 radical (unpaired) electrons. The first-order valence-electron chi connectivity index (χ1n) is 10.6. The van der Waals surface area contributed by atoms with Crippen LogP contribution in [0.2, 0.25) is 0 Å². The second-order valence-corrected chi connectivity index (χ2v) is 7.35. The highest BCUT2D eigenvalue weighted by molar-refractivity contribution is 5.92. The zero-order valence-corrected chi connectivity index (χ0v) is 18.6. The highest BCUT2D eigenvalue weighted by Crippen LogP contribution is 2.40. The van der Waals surface area contributed by atoms with E-state index in [2.05, 4.69) is 16.2 Å². The van der Waals surface area contributed by atoms with Gasteiger partial charge in [-0.3, -0.25) is 0 Å². The predicted octanol–water partition coefficient (Wildman–Crippen LogP) is 3.96. The second kappa shape index (κ2) is 9.92. The van der Waals surface area contributed by atoms with Gasteiger partial charge < -0.3 is 24.5 Å². The van der Waals surface area contributed by atoms with Gasteiger partial charge in [0.25, 0.3) is 5.89 Å². The summed E-state index contributed by atoms with van der Waals surface area (Å²) in [4.78, 5) is 17.1. The first-order valence-corrected chi connectivity index (χ1v) is 10.6. The summed E-state index contributed by atoms with van der Waals surface area (Å²) in [5.74, 6) is 0.232. The van der Waals surface area contributed by atoms with E-state index in [4.69, 9.17) is 24.5 Å². The lowest BCUT2D eigenvalue weighted by molar-refractivity contribution is -0.139. The molecule has 1 aliphatic heterocycles. The number of hydrogen-bond donors (Lipinski definition) is 1. The van der Waals surface area contributed by atoms with Crippen LogP contribution in [0.15, 0.2) is 81.9 Å². The van der Waals surface area contributed by atoms with Crippen molar-refractivity contribution in [3.63, 3.8) is 0 Å². The van der Waals surface area contributed by atoms with E-state index < -0.39 is 11.9 Å². The Morgan fingerprint density at radius 3 is 2.74 bits per heavy atom. The van der Waals surface area contributed by atoms with Crippen LogP contribution < -0.4 is 10.5 Å². The Hall–Kier alpha value is -4.58. The molecule has 1 unspecified atom stereocenters. The smallest absolute Gasteiger partial charge is 0.338 e. The van der Waals surface area contributed by atoms with Gasteiger partial charge in [0.05, 0.1) is 18.1 Å². The van der Waals surface area contributed by atoms with E-state index in [1.54, 1.807) is 38.1 Å². The van der Waals surface area contributed by atoms with Gasteiger partial charge in [-0.25, -0.2) is 4.79 Å². The van der Waals surface area contributed by atoms with Crippen LogP contribution in [0.1, 0.15) is 31.2 Å². The lowest BCUT2D eigenvalue weighted by Crippen LogP contribution is -2.25. The number of carbonyl (C=O) groups excluding carboxylic acids is 1. The lowest BCUT2D eigenvalue weighted by Gasteiger charge is -2.27. The fraction of sp³-hybridized carbons (Fsp3) is 0.200. The second-order valence-electron chi connectivity index (χ2n) is 7.35. The molecule has 0 fully saturated rings. The molecular formula is C25H22N4O5. The van der Waals surface area contributed by atoms with Crippen LogP contribution in [-0.2, 0) is 20.9 Å². The van der Waals surface area contributed by atoms with Gasteiger partial charge in [-0.1, -0.05) is 41.6 Å². The normalized spacial score (nSPS) is 15.5. The summed E-state index contributed by atoms with van der Waals surface area (Å²) >= 11 is 0. The molecule has 9 heteroatoms. The van der Waals surface area contributed by atoms with Gasteiger partial charge in [0, 0.05) is 5.56 Å². The predicted molar refractivity (Wildman–Crippen MR) is 120 cm³/mol. The average Bonchev–Trinajstić information content (AvgIpc) is 3.32. The van der Waals surface area contributed by atoms with Crippen LogP contribution in [0, 0.1) is 11.3 Å². The van der Waals surface area contributed by atoms with Crippen LogP contribution in [-0.4, -0.2) is 22.7 Å². The molecule has 2 heterocycles. The third kappa shape index (κ3) is 4.61. The van der Waals surface area contributed by atoms with E-state index in [1.165, 1.54) is 0 Å². The number of hydrogen-bond acceptors (Lipinski definition) is 9. The SMILES string of the molecule is CCOC(=O)C1=C(C)OC(N)=C(C#N)C1c1cccc(-c2noc(COc3ccccc3)n2)c1. The van der Waals surface area contributed by atoms with E-state index in [-0.39, 0.29) is 36.0 Å². The molecule has 1 aromatic heterocycles. The lowest BCUT2D eigenvalue weighted by atomic mass is 9.82. The fourth-order valence-corrected chi connectivity index (χ4v) is 3.64. The summed E-state index contributed by atoms with van der Waals surface area (Å²) in [5, 5.41) is 13.8. The number of benzene rings is 2. The zero-order chi connectivity index (χ0) is 24.1. The average molecular weight is 458 g/mol. The molecule has 0 bridgehead atoms. The maximum Gasteiger partial charge on any atom is 0.338 e. The maximum atomic E-state index is 12.7. The Bertz CT molecular complexity index is 1300. The number of allylic oxidation sites excluding steroid dienone is 2. The number of aromatic nitrogens is 2. The van der Waals surface area contributed by atoms with Crippen LogP contribution >= 0.6 is 0 Å². The van der Waals surface area contributed by atoms with Crippen molar-refractivity contribution in [3.8, 4) is 23.2 Å². The molecule has 0 saturated heterocycles. The van der Waals surface area contributed by atoms with Crippen molar-refractivity contribution in [1.82, 2.24) is 10.1 Å². The summed E-state index contributed by atoms with van der Waals surface area (Å²) in [6, 6.07) is 18.5. The molecule has 172 valence electrons. The largest absolute Gasteiger partial charge is 0.484 e. The van der Waals surface area contributed by atoms with E-state index in [0.717, 1.165) is 0 Å². The monoisotopic (exact) mass is 458 g/mol. The van der Waals surface area contributed by atoms with Gasteiger partial charge in [0.1, 0.15) is 23.2 Å². The molecule has 9 nitrogen and oxygen atoms in total. The third-order valence-electron chi connectivity index (χ3n) is 5.15. The molecule has 0 saturated carbocycles. The Morgan fingerprint density at radius 2 is 2.00 bits per heavy atom. The minimum atomic E-state index is -0.759. The number of para-hydroxylation sites is 1. The van der Waals surface area contributed by atoms with Crippen molar-refractivity contribution in [2.45, 2.75) is 26.4 Å². The van der Waals surface area contributed by atoms with Crippen molar-refractivity contribution < 1.29 is 23.5 Å². The Morgan fingerprint density at radius 1 is 1.21 bits per heavy atom. The van der Waals surface area contributed by atoms with Crippen molar-refractivity contribution in [2.75, 3.05) is 6.61 Å². The summed E-state index contributed by atoms with van der Waals surface area (Å²) in [6.45, 7) is 3.61. The zero-order valence-electron chi connectivity index (χ0n) is 18.6. The Labute approximate surface area is 196 Å². The number of nitrogens with zero attached hydrogens (tertiary/aromatic N) is 3. The maximum absolute atomic E-state index is 12.7. The Balaban J connectivity index is 1.64. The highest BCUT2D eigenvalue weighted by atomic mass is 16.5. The molecule has 34 heavy (non-hydrogen) atoms. The molecule has 0 aliphatic carbocycles. The molecule has 0 spiro atoms. The fourth-order valence-electron chi connectivity index (χ4n) is 3.64. The molecule has 3 aromatic rings. The summed E-state index contributed by atoms with van der Waals surface area (Å²) in [5.41, 5.74) is 7.58. The van der Waals surface area contributed by atoms with Gasteiger partial charge in [0.15, 0.2) is 6.61 Å². The van der Waals surface area contributed by atoms with Crippen LogP contribution in [0.5, 0.6) is 5.75 Å². The topological polar surface area (TPSA) is 133 Å². The molecule has 2 N–H and O–H groups in total. The first-order chi connectivity index (χ1) is 16.5. The van der Waals surface area contributed by atoms with Crippen molar-refractivity contribution in [2.24, 2.45) is 5.73 Å². The van der Waals surface area contributed by atoms with Gasteiger partial charge >= 0.3 is 5.97 Å². The number of esters is 1. The van der Waals surface area contributed by atoms with Gasteiger partial charge in [-0.05, 0) is 37.6 Å². The number of rotatable bonds is 7. The van der Waals surface area contributed by atoms with Gasteiger partial charge in [-0.2, -0.15) is 10.2 Å². The number of ether oxygens (including phenoxy) is 3. The summed E-state index contributed by atoms with van der Waals surface area (Å²) in [6.07, 6.45) is 0. The molecule has 1 aliphatic rings.